The second kappa shape index (κ2) is 7.93. The third-order valence-electron chi connectivity index (χ3n) is 4.37. The third-order valence-corrected chi connectivity index (χ3v) is 5.11. The van der Waals surface area contributed by atoms with Gasteiger partial charge in [0.1, 0.15) is 18.7 Å². The molecule has 144 valence electrons. The minimum Gasteiger partial charge on any atom is -0.471 e. The molecule has 6 nitrogen and oxygen atoms in total. The highest BCUT2D eigenvalue weighted by atomic mass is 32.2. The van der Waals surface area contributed by atoms with Gasteiger partial charge in [0.25, 0.3) is 5.88 Å². The molecule has 1 aromatic heterocycles. The van der Waals surface area contributed by atoms with E-state index in [0.29, 0.717) is 17.1 Å². The molecule has 3 aromatic rings. The maximum absolute atomic E-state index is 14.7. The quantitative estimate of drug-likeness (QED) is 0.563. The molecule has 0 spiro atoms. The Morgan fingerprint density at radius 3 is 2.75 bits per heavy atom. The Labute approximate surface area is 165 Å². The Balaban J connectivity index is 1.46. The van der Waals surface area contributed by atoms with Crippen LogP contribution in [0.3, 0.4) is 0 Å². The van der Waals surface area contributed by atoms with Gasteiger partial charge in [-0.25, -0.2) is 9.18 Å². The zero-order chi connectivity index (χ0) is 19.5. The summed E-state index contributed by atoms with van der Waals surface area (Å²) in [5, 5.41) is 3.63. The fraction of sp³-hybridized carbons (Fsp3) is 0.200. The van der Waals surface area contributed by atoms with Gasteiger partial charge >= 0.3 is 6.09 Å². The van der Waals surface area contributed by atoms with Crippen molar-refractivity contribution in [2.75, 3.05) is 24.3 Å². The summed E-state index contributed by atoms with van der Waals surface area (Å²) < 4.78 is 30.1. The fourth-order valence-electron chi connectivity index (χ4n) is 2.95. The van der Waals surface area contributed by atoms with Crippen molar-refractivity contribution in [3.8, 4) is 17.0 Å². The predicted octanol–water partition coefficient (Wildman–Crippen LogP) is 4.61. The van der Waals surface area contributed by atoms with Crippen molar-refractivity contribution in [3.63, 3.8) is 0 Å². The average molecular weight is 400 g/mol. The van der Waals surface area contributed by atoms with Crippen LogP contribution >= 0.6 is 11.8 Å². The second-order valence-electron chi connectivity index (χ2n) is 6.16. The highest BCUT2D eigenvalue weighted by Crippen LogP contribution is 2.30. The lowest BCUT2D eigenvalue weighted by molar-refractivity contribution is 0.102. The van der Waals surface area contributed by atoms with Crippen LogP contribution in [0.1, 0.15) is 0 Å². The molecular formula is C20H17FN2O4S. The summed E-state index contributed by atoms with van der Waals surface area (Å²) in [5.74, 6) is -0.0816. The fourth-order valence-corrected chi connectivity index (χ4v) is 3.36. The molecule has 1 aliphatic heterocycles. The number of amides is 1. The maximum Gasteiger partial charge on any atom is 0.414 e. The summed E-state index contributed by atoms with van der Waals surface area (Å²) in [5.41, 5.74) is 1.70. The van der Waals surface area contributed by atoms with Gasteiger partial charge in [0, 0.05) is 16.5 Å². The van der Waals surface area contributed by atoms with Crippen molar-refractivity contribution in [2.24, 2.45) is 0 Å². The van der Waals surface area contributed by atoms with Gasteiger partial charge in [-0.1, -0.05) is 12.1 Å². The summed E-state index contributed by atoms with van der Waals surface area (Å²) >= 11 is 1.63. The van der Waals surface area contributed by atoms with Crippen LogP contribution in [0.4, 0.5) is 14.9 Å². The molecule has 1 saturated heterocycles. The molecule has 0 bridgehead atoms. The molecule has 2 aromatic carbocycles. The van der Waals surface area contributed by atoms with Gasteiger partial charge < -0.3 is 14.0 Å². The number of halogens is 1. The Morgan fingerprint density at radius 2 is 2.07 bits per heavy atom. The topological polar surface area (TPSA) is 64.8 Å². The van der Waals surface area contributed by atoms with Gasteiger partial charge in [0.2, 0.25) is 0 Å². The van der Waals surface area contributed by atoms with Gasteiger partial charge in [0.05, 0.1) is 12.2 Å². The van der Waals surface area contributed by atoms with Crippen LogP contribution in [0, 0.1) is 5.82 Å². The number of thioether (sulfide) groups is 1. The SMILES string of the molecule is CSc1ccc(-c2ccc(N3CC(COc4ccon4)OC3=O)cc2F)cc1. The van der Waals surface area contributed by atoms with Crippen molar-refractivity contribution in [2.45, 2.75) is 11.0 Å². The molecule has 1 fully saturated rings. The Kier molecular flexibility index (Phi) is 5.21. The number of nitrogens with zero attached hydrogens (tertiary/aromatic N) is 2. The number of rotatable bonds is 6. The average Bonchev–Trinajstić information content (AvgIpc) is 3.36. The van der Waals surface area contributed by atoms with Gasteiger partial charge in [0.15, 0.2) is 6.10 Å². The van der Waals surface area contributed by atoms with Gasteiger partial charge in [-0.05, 0) is 47.3 Å². The van der Waals surface area contributed by atoms with E-state index < -0.39 is 18.0 Å². The molecule has 1 atom stereocenters. The van der Waals surface area contributed by atoms with Crippen molar-refractivity contribution >= 4 is 23.5 Å². The molecule has 0 aliphatic carbocycles. The Bertz CT molecular complexity index is 963. The van der Waals surface area contributed by atoms with E-state index in [1.165, 1.54) is 17.2 Å². The number of anilines is 1. The molecule has 2 heterocycles. The molecular weight excluding hydrogens is 383 g/mol. The van der Waals surface area contributed by atoms with Crippen molar-refractivity contribution in [3.05, 3.63) is 60.6 Å². The first kappa shape index (κ1) is 18.4. The summed E-state index contributed by atoms with van der Waals surface area (Å²) in [6.45, 7) is 0.398. The molecule has 1 aliphatic rings. The van der Waals surface area contributed by atoms with E-state index in [1.807, 2.05) is 30.5 Å². The number of carbonyl (C=O) groups is 1. The van der Waals surface area contributed by atoms with Crippen molar-refractivity contribution in [1.29, 1.82) is 0 Å². The van der Waals surface area contributed by atoms with Crippen LogP contribution in [-0.2, 0) is 4.74 Å². The van der Waals surface area contributed by atoms with Crippen LogP contribution in [0.5, 0.6) is 5.88 Å². The van der Waals surface area contributed by atoms with E-state index in [9.17, 15) is 9.18 Å². The third kappa shape index (κ3) is 3.82. The highest BCUT2D eigenvalue weighted by molar-refractivity contribution is 7.98. The normalized spacial score (nSPS) is 16.3. The predicted molar refractivity (Wildman–Crippen MR) is 103 cm³/mol. The van der Waals surface area contributed by atoms with Crippen LogP contribution < -0.4 is 9.64 Å². The number of cyclic esters (lactones) is 1. The molecule has 28 heavy (non-hydrogen) atoms. The van der Waals surface area contributed by atoms with E-state index in [-0.39, 0.29) is 13.2 Å². The van der Waals surface area contributed by atoms with E-state index in [0.717, 1.165) is 10.5 Å². The first-order valence-electron chi connectivity index (χ1n) is 8.59. The number of benzene rings is 2. The number of ether oxygens (including phenoxy) is 2. The van der Waals surface area contributed by atoms with Gasteiger partial charge in [-0.3, -0.25) is 4.90 Å². The second-order valence-corrected chi connectivity index (χ2v) is 7.04. The monoisotopic (exact) mass is 400 g/mol. The number of aromatic nitrogens is 1. The molecule has 8 heteroatoms. The van der Waals surface area contributed by atoms with Crippen LogP contribution in [0.25, 0.3) is 11.1 Å². The Morgan fingerprint density at radius 1 is 1.25 bits per heavy atom. The van der Waals surface area contributed by atoms with E-state index in [1.54, 1.807) is 30.0 Å². The van der Waals surface area contributed by atoms with Crippen LogP contribution in [-0.4, -0.2) is 36.8 Å². The van der Waals surface area contributed by atoms with Gasteiger partial charge in [-0.15, -0.1) is 11.8 Å². The standard InChI is InChI=1S/C20H17FN2O4S/c1-28-16-5-2-13(3-6-16)17-7-4-14(10-18(17)21)23-11-15(27-20(23)24)12-25-19-8-9-26-22-19/h2-10,15H,11-12H2,1H3. The lowest BCUT2D eigenvalue weighted by atomic mass is 10.0. The summed E-state index contributed by atoms with van der Waals surface area (Å²) in [6, 6.07) is 14.0. The molecule has 0 N–H and O–H groups in total. The zero-order valence-electron chi connectivity index (χ0n) is 15.0. The van der Waals surface area contributed by atoms with E-state index in [4.69, 9.17) is 9.47 Å². The minimum absolute atomic E-state index is 0.136. The van der Waals surface area contributed by atoms with Crippen molar-refractivity contribution in [1.82, 2.24) is 5.16 Å². The maximum atomic E-state index is 14.7. The number of hydrogen-bond acceptors (Lipinski definition) is 6. The summed E-state index contributed by atoms with van der Waals surface area (Å²) in [7, 11) is 0. The minimum atomic E-state index is -0.537. The molecule has 4 rings (SSSR count). The van der Waals surface area contributed by atoms with Gasteiger partial charge in [-0.2, -0.15) is 0 Å². The first-order valence-corrected chi connectivity index (χ1v) is 9.82. The molecule has 0 radical (unpaired) electrons. The summed E-state index contributed by atoms with van der Waals surface area (Å²) in [6.07, 6.45) is 2.36. The zero-order valence-corrected chi connectivity index (χ0v) is 15.8. The molecule has 1 unspecified atom stereocenters. The first-order chi connectivity index (χ1) is 13.6. The largest absolute Gasteiger partial charge is 0.471 e. The lowest BCUT2D eigenvalue weighted by Crippen LogP contribution is -2.26. The highest BCUT2D eigenvalue weighted by Gasteiger charge is 2.33. The van der Waals surface area contributed by atoms with E-state index >= 15 is 0 Å². The smallest absolute Gasteiger partial charge is 0.414 e. The van der Waals surface area contributed by atoms with Crippen molar-refractivity contribution < 1.29 is 23.2 Å². The Hall–Kier alpha value is -3.00. The van der Waals surface area contributed by atoms with E-state index in [2.05, 4.69) is 9.68 Å². The van der Waals surface area contributed by atoms with Crippen LogP contribution in [0.2, 0.25) is 0 Å². The molecule has 1 amide bonds. The lowest BCUT2D eigenvalue weighted by Gasteiger charge is -2.14. The summed E-state index contributed by atoms with van der Waals surface area (Å²) in [4.78, 5) is 14.7. The number of hydrogen-bond donors (Lipinski definition) is 0. The molecule has 0 saturated carbocycles. The number of carbonyl (C=O) groups excluding carboxylic acids is 1. The van der Waals surface area contributed by atoms with Crippen LogP contribution in [0.15, 0.2) is 64.2 Å².